The average molecular weight is 310 g/mol. The van der Waals surface area contributed by atoms with Crippen molar-refractivity contribution in [2.75, 3.05) is 0 Å². The van der Waals surface area contributed by atoms with Gasteiger partial charge >= 0.3 is 0 Å². The van der Waals surface area contributed by atoms with Gasteiger partial charge in [0.25, 0.3) is 0 Å². The van der Waals surface area contributed by atoms with Crippen LogP contribution in [0.15, 0.2) is 42.5 Å². The molecule has 5 unspecified atom stereocenters. The van der Waals surface area contributed by atoms with E-state index >= 15 is 0 Å². The lowest BCUT2D eigenvalue weighted by Crippen LogP contribution is -2.42. The molecule has 0 spiro atoms. The Labute approximate surface area is 136 Å². The van der Waals surface area contributed by atoms with Crippen molar-refractivity contribution in [3.8, 4) is 0 Å². The van der Waals surface area contributed by atoms with Gasteiger partial charge in [-0.2, -0.15) is 0 Å². The molecule has 2 fully saturated rings. The number of rotatable bonds is 3. The fourth-order valence-corrected chi connectivity index (χ4v) is 4.33. The first-order valence-electron chi connectivity index (χ1n) is 8.52. The van der Waals surface area contributed by atoms with Gasteiger partial charge in [-0.15, -0.1) is 0 Å². The molecule has 120 valence electrons. The van der Waals surface area contributed by atoms with Gasteiger partial charge in [-0.1, -0.05) is 49.4 Å². The summed E-state index contributed by atoms with van der Waals surface area (Å²) >= 11 is 0. The summed E-state index contributed by atoms with van der Waals surface area (Å²) in [6.07, 6.45) is 1.20. The third-order valence-corrected chi connectivity index (χ3v) is 5.46. The molecule has 2 aromatic rings. The Bertz CT molecular complexity index is 738. The van der Waals surface area contributed by atoms with Crippen LogP contribution in [0.5, 0.6) is 0 Å². The molecule has 4 rings (SSSR count). The van der Waals surface area contributed by atoms with Crippen LogP contribution in [0.2, 0.25) is 0 Å². The molecule has 3 nitrogen and oxygen atoms in total. The number of hydrogen-bond donors (Lipinski definition) is 1. The number of ether oxygens (including phenoxy) is 1. The molecule has 0 aromatic heterocycles. The highest BCUT2D eigenvalue weighted by Gasteiger charge is 2.50. The van der Waals surface area contributed by atoms with Gasteiger partial charge in [0.05, 0.1) is 24.2 Å². The minimum Gasteiger partial charge on any atom is -0.390 e. The summed E-state index contributed by atoms with van der Waals surface area (Å²) < 4.78 is 5.91. The summed E-state index contributed by atoms with van der Waals surface area (Å²) in [7, 11) is 0. The third kappa shape index (κ3) is 2.48. The SMILES string of the molecule is CCC(=O)C1C(c2ccc3ccccc3c2)CC2CC(O)C1O2. The lowest BCUT2D eigenvalue weighted by atomic mass is 9.75. The van der Waals surface area contributed by atoms with Crippen LogP contribution >= 0.6 is 0 Å². The van der Waals surface area contributed by atoms with Crippen molar-refractivity contribution in [1.82, 2.24) is 0 Å². The Morgan fingerprint density at radius 1 is 1.17 bits per heavy atom. The van der Waals surface area contributed by atoms with Gasteiger partial charge in [-0.05, 0) is 28.7 Å². The van der Waals surface area contributed by atoms with Crippen LogP contribution in [-0.2, 0) is 9.53 Å². The number of benzene rings is 2. The van der Waals surface area contributed by atoms with Crippen molar-refractivity contribution < 1.29 is 14.6 Å². The summed E-state index contributed by atoms with van der Waals surface area (Å²) in [6, 6.07) is 14.8. The molecule has 0 amide bonds. The largest absolute Gasteiger partial charge is 0.390 e. The molecule has 2 bridgehead atoms. The van der Waals surface area contributed by atoms with Crippen LogP contribution in [-0.4, -0.2) is 29.2 Å². The summed E-state index contributed by atoms with van der Waals surface area (Å²) in [6.45, 7) is 1.90. The van der Waals surface area contributed by atoms with Crippen LogP contribution in [0, 0.1) is 5.92 Å². The lowest BCUT2D eigenvalue weighted by Gasteiger charge is -2.36. The highest BCUT2D eigenvalue weighted by molar-refractivity contribution is 5.85. The number of Topliss-reactive ketones (excluding diaryl/α,β-unsaturated/α-hetero) is 1. The van der Waals surface area contributed by atoms with Crippen molar-refractivity contribution in [1.29, 1.82) is 0 Å². The molecule has 2 aromatic carbocycles. The van der Waals surface area contributed by atoms with Crippen LogP contribution < -0.4 is 0 Å². The number of aliphatic hydroxyl groups is 1. The second kappa shape index (κ2) is 5.73. The van der Waals surface area contributed by atoms with Crippen LogP contribution in [0.3, 0.4) is 0 Å². The zero-order valence-electron chi connectivity index (χ0n) is 13.3. The van der Waals surface area contributed by atoms with E-state index in [0.717, 1.165) is 6.42 Å². The van der Waals surface area contributed by atoms with E-state index in [9.17, 15) is 9.90 Å². The monoisotopic (exact) mass is 310 g/mol. The summed E-state index contributed by atoms with van der Waals surface area (Å²) in [5, 5.41) is 12.7. The van der Waals surface area contributed by atoms with E-state index in [1.165, 1.54) is 16.3 Å². The van der Waals surface area contributed by atoms with Crippen LogP contribution in [0.4, 0.5) is 0 Å². The molecule has 23 heavy (non-hydrogen) atoms. The number of carbonyl (C=O) groups excluding carboxylic acids is 1. The van der Waals surface area contributed by atoms with E-state index in [0.29, 0.717) is 12.8 Å². The Morgan fingerprint density at radius 3 is 2.74 bits per heavy atom. The van der Waals surface area contributed by atoms with Crippen molar-refractivity contribution in [2.24, 2.45) is 5.92 Å². The van der Waals surface area contributed by atoms with Gasteiger partial charge in [0, 0.05) is 12.8 Å². The van der Waals surface area contributed by atoms with E-state index in [-0.39, 0.29) is 29.8 Å². The van der Waals surface area contributed by atoms with Crippen molar-refractivity contribution in [3.05, 3.63) is 48.0 Å². The highest BCUT2D eigenvalue weighted by Crippen LogP contribution is 2.46. The zero-order chi connectivity index (χ0) is 16.0. The van der Waals surface area contributed by atoms with Crippen molar-refractivity contribution in [2.45, 2.75) is 50.4 Å². The van der Waals surface area contributed by atoms with E-state index in [1.54, 1.807) is 0 Å². The molecule has 2 aliphatic rings. The Kier molecular flexibility index (Phi) is 3.70. The molecule has 0 saturated carbocycles. The summed E-state index contributed by atoms with van der Waals surface area (Å²) in [5.74, 6) is 0.121. The lowest BCUT2D eigenvalue weighted by molar-refractivity contribution is -0.137. The number of fused-ring (bicyclic) bond motifs is 3. The van der Waals surface area contributed by atoms with Gasteiger partial charge < -0.3 is 9.84 Å². The smallest absolute Gasteiger partial charge is 0.139 e. The molecule has 0 aliphatic carbocycles. The Balaban J connectivity index is 1.76. The number of carbonyl (C=O) groups is 1. The average Bonchev–Trinajstić information content (AvgIpc) is 2.88. The molecule has 2 saturated heterocycles. The van der Waals surface area contributed by atoms with E-state index in [1.807, 2.05) is 19.1 Å². The molecular weight excluding hydrogens is 288 g/mol. The standard InChI is InChI=1S/C20H22O3/c1-2-17(21)19-16(10-15-11-18(22)20(19)23-15)14-8-7-12-5-3-4-6-13(12)9-14/h3-9,15-16,18-20,22H,2,10-11H2,1H3. The van der Waals surface area contributed by atoms with Gasteiger partial charge in [-0.25, -0.2) is 0 Å². The fourth-order valence-electron chi connectivity index (χ4n) is 4.33. The Hall–Kier alpha value is -1.71. The third-order valence-electron chi connectivity index (χ3n) is 5.46. The second-order valence-corrected chi connectivity index (χ2v) is 6.82. The van der Waals surface area contributed by atoms with Gasteiger partial charge in [0.2, 0.25) is 0 Å². The minimum atomic E-state index is -0.508. The molecule has 0 radical (unpaired) electrons. The quantitative estimate of drug-likeness (QED) is 0.944. The predicted octanol–water partition coefficient (Wildman–Crippen LogP) is 3.44. The minimum absolute atomic E-state index is 0.0763. The zero-order valence-corrected chi connectivity index (χ0v) is 13.3. The fraction of sp³-hybridized carbons (Fsp3) is 0.450. The van der Waals surface area contributed by atoms with Crippen molar-refractivity contribution >= 4 is 16.6 Å². The predicted molar refractivity (Wildman–Crippen MR) is 89.4 cm³/mol. The van der Waals surface area contributed by atoms with E-state index in [2.05, 4.69) is 30.3 Å². The highest BCUT2D eigenvalue weighted by atomic mass is 16.5. The maximum absolute atomic E-state index is 12.6. The first kappa shape index (κ1) is 14.9. The van der Waals surface area contributed by atoms with Gasteiger partial charge in [-0.3, -0.25) is 4.79 Å². The van der Waals surface area contributed by atoms with E-state index in [4.69, 9.17) is 4.74 Å². The molecular formula is C20H22O3. The summed E-state index contributed by atoms with van der Waals surface area (Å²) in [4.78, 5) is 12.6. The van der Waals surface area contributed by atoms with Crippen LogP contribution in [0.25, 0.3) is 10.8 Å². The Morgan fingerprint density at radius 2 is 1.96 bits per heavy atom. The molecule has 2 aliphatic heterocycles. The number of hydrogen-bond acceptors (Lipinski definition) is 3. The molecule has 1 N–H and O–H groups in total. The van der Waals surface area contributed by atoms with Gasteiger partial charge in [0.1, 0.15) is 5.78 Å². The van der Waals surface area contributed by atoms with E-state index < -0.39 is 6.10 Å². The topological polar surface area (TPSA) is 46.5 Å². The first-order valence-corrected chi connectivity index (χ1v) is 8.52. The normalized spacial score (nSPS) is 33.0. The number of aliphatic hydroxyl groups excluding tert-OH is 1. The molecule has 2 heterocycles. The molecule has 5 atom stereocenters. The maximum atomic E-state index is 12.6. The van der Waals surface area contributed by atoms with Gasteiger partial charge in [0.15, 0.2) is 0 Å². The number of ketones is 1. The van der Waals surface area contributed by atoms with Crippen LogP contribution in [0.1, 0.15) is 37.7 Å². The molecule has 3 heteroatoms. The summed E-state index contributed by atoms with van der Waals surface area (Å²) in [5.41, 5.74) is 1.20. The van der Waals surface area contributed by atoms with Crippen molar-refractivity contribution in [3.63, 3.8) is 0 Å². The second-order valence-electron chi connectivity index (χ2n) is 6.82. The first-order chi connectivity index (χ1) is 11.2. The maximum Gasteiger partial charge on any atom is 0.139 e.